The molecule has 0 fully saturated rings. The smallest absolute Gasteiger partial charge is 0.183 e. The van der Waals surface area contributed by atoms with Crippen LogP contribution in [0.2, 0.25) is 0 Å². The standard InChI is InChI=1S/C9H16N2OS/c1-6(2)8-4-10-9(13-8)11-7(3)5-12/h4,6-7,12H,5H2,1-3H3,(H,10,11)/t7-/m0/s1. The molecule has 1 heterocycles. The van der Waals surface area contributed by atoms with Crippen molar-refractivity contribution >= 4 is 16.5 Å². The summed E-state index contributed by atoms with van der Waals surface area (Å²) in [7, 11) is 0. The van der Waals surface area contributed by atoms with Gasteiger partial charge in [-0.15, -0.1) is 11.3 Å². The van der Waals surface area contributed by atoms with E-state index in [2.05, 4.69) is 24.1 Å². The highest BCUT2D eigenvalue weighted by Crippen LogP contribution is 2.25. The Morgan fingerprint density at radius 2 is 2.23 bits per heavy atom. The van der Waals surface area contributed by atoms with Crippen molar-refractivity contribution in [1.82, 2.24) is 4.98 Å². The average molecular weight is 200 g/mol. The van der Waals surface area contributed by atoms with Gasteiger partial charge < -0.3 is 10.4 Å². The summed E-state index contributed by atoms with van der Waals surface area (Å²) in [5.41, 5.74) is 0. The molecule has 74 valence electrons. The molecular weight excluding hydrogens is 184 g/mol. The van der Waals surface area contributed by atoms with E-state index in [1.807, 2.05) is 13.1 Å². The Kier molecular flexibility index (Phi) is 3.69. The first-order valence-corrected chi connectivity index (χ1v) is 5.28. The molecule has 1 aromatic rings. The van der Waals surface area contributed by atoms with E-state index in [9.17, 15) is 0 Å². The molecule has 0 spiro atoms. The van der Waals surface area contributed by atoms with Crippen LogP contribution in [0.4, 0.5) is 5.13 Å². The van der Waals surface area contributed by atoms with Crippen LogP contribution in [-0.2, 0) is 0 Å². The molecule has 0 saturated carbocycles. The lowest BCUT2D eigenvalue weighted by atomic mass is 10.2. The summed E-state index contributed by atoms with van der Waals surface area (Å²) in [6.07, 6.45) is 1.89. The van der Waals surface area contributed by atoms with Crippen molar-refractivity contribution < 1.29 is 5.11 Å². The molecule has 0 aliphatic carbocycles. The molecule has 0 unspecified atom stereocenters. The Morgan fingerprint density at radius 3 is 2.69 bits per heavy atom. The SMILES string of the molecule is CC(C)c1cnc(N[C@@H](C)CO)s1. The first kappa shape index (κ1) is 10.5. The fraction of sp³-hybridized carbons (Fsp3) is 0.667. The van der Waals surface area contributed by atoms with Gasteiger partial charge in [-0.1, -0.05) is 13.8 Å². The molecule has 1 atom stereocenters. The number of rotatable bonds is 4. The van der Waals surface area contributed by atoms with Crippen LogP contribution in [0.15, 0.2) is 6.20 Å². The van der Waals surface area contributed by atoms with E-state index in [4.69, 9.17) is 5.11 Å². The highest BCUT2D eigenvalue weighted by Gasteiger charge is 2.06. The zero-order chi connectivity index (χ0) is 9.84. The number of aliphatic hydroxyl groups excluding tert-OH is 1. The molecule has 0 aromatic carbocycles. The highest BCUT2D eigenvalue weighted by atomic mass is 32.1. The van der Waals surface area contributed by atoms with Crippen molar-refractivity contribution in [2.24, 2.45) is 0 Å². The third-order valence-corrected chi connectivity index (χ3v) is 2.97. The van der Waals surface area contributed by atoms with E-state index in [0.717, 1.165) is 5.13 Å². The molecule has 0 aliphatic rings. The number of nitrogens with one attached hydrogen (secondary N) is 1. The fourth-order valence-corrected chi connectivity index (χ4v) is 1.81. The predicted molar refractivity (Wildman–Crippen MR) is 56.4 cm³/mol. The average Bonchev–Trinajstić information content (AvgIpc) is 2.52. The van der Waals surface area contributed by atoms with Gasteiger partial charge in [0.15, 0.2) is 5.13 Å². The van der Waals surface area contributed by atoms with Gasteiger partial charge in [0, 0.05) is 17.1 Å². The zero-order valence-electron chi connectivity index (χ0n) is 8.24. The zero-order valence-corrected chi connectivity index (χ0v) is 9.06. The van der Waals surface area contributed by atoms with Gasteiger partial charge in [0.25, 0.3) is 0 Å². The molecular formula is C9H16N2OS. The lowest BCUT2D eigenvalue weighted by Gasteiger charge is -2.07. The van der Waals surface area contributed by atoms with E-state index in [1.165, 1.54) is 4.88 Å². The number of anilines is 1. The molecule has 1 rings (SSSR count). The van der Waals surface area contributed by atoms with E-state index in [-0.39, 0.29) is 12.6 Å². The normalized spacial score (nSPS) is 13.3. The van der Waals surface area contributed by atoms with Crippen LogP contribution in [-0.4, -0.2) is 22.7 Å². The predicted octanol–water partition coefficient (Wildman–Crippen LogP) is 2.06. The maximum Gasteiger partial charge on any atom is 0.183 e. The Labute approximate surface area is 82.8 Å². The summed E-state index contributed by atoms with van der Waals surface area (Å²) in [6.45, 7) is 6.35. The van der Waals surface area contributed by atoms with Crippen LogP contribution in [0, 0.1) is 0 Å². The molecule has 3 nitrogen and oxygen atoms in total. The Hall–Kier alpha value is -0.610. The summed E-state index contributed by atoms with van der Waals surface area (Å²) in [5, 5.41) is 12.8. The van der Waals surface area contributed by atoms with Gasteiger partial charge in [0.05, 0.1) is 6.61 Å². The van der Waals surface area contributed by atoms with Crippen LogP contribution < -0.4 is 5.32 Å². The largest absolute Gasteiger partial charge is 0.394 e. The van der Waals surface area contributed by atoms with Gasteiger partial charge in [0.2, 0.25) is 0 Å². The van der Waals surface area contributed by atoms with Crippen LogP contribution in [0.1, 0.15) is 31.6 Å². The summed E-state index contributed by atoms with van der Waals surface area (Å²) >= 11 is 1.65. The summed E-state index contributed by atoms with van der Waals surface area (Å²) in [5.74, 6) is 0.525. The maximum atomic E-state index is 8.83. The second-order valence-corrected chi connectivity index (χ2v) is 4.51. The van der Waals surface area contributed by atoms with Crippen molar-refractivity contribution in [1.29, 1.82) is 0 Å². The van der Waals surface area contributed by atoms with E-state index >= 15 is 0 Å². The molecule has 0 amide bonds. The quantitative estimate of drug-likeness (QED) is 0.782. The summed E-state index contributed by atoms with van der Waals surface area (Å²) < 4.78 is 0. The Morgan fingerprint density at radius 1 is 1.54 bits per heavy atom. The monoisotopic (exact) mass is 200 g/mol. The molecule has 2 N–H and O–H groups in total. The lowest BCUT2D eigenvalue weighted by molar-refractivity contribution is 0.281. The fourth-order valence-electron chi connectivity index (χ4n) is 0.877. The first-order chi connectivity index (χ1) is 6.13. The molecule has 4 heteroatoms. The number of thiazole rings is 1. The van der Waals surface area contributed by atoms with E-state index < -0.39 is 0 Å². The van der Waals surface area contributed by atoms with Crippen molar-refractivity contribution in [2.45, 2.75) is 32.7 Å². The van der Waals surface area contributed by atoms with Gasteiger partial charge in [-0.3, -0.25) is 0 Å². The number of aromatic nitrogens is 1. The molecule has 0 aliphatic heterocycles. The summed E-state index contributed by atoms with van der Waals surface area (Å²) in [6, 6.07) is 0.0752. The van der Waals surface area contributed by atoms with Crippen molar-refractivity contribution in [3.63, 3.8) is 0 Å². The van der Waals surface area contributed by atoms with Gasteiger partial charge in [0.1, 0.15) is 0 Å². The number of nitrogens with zero attached hydrogens (tertiary/aromatic N) is 1. The van der Waals surface area contributed by atoms with Crippen LogP contribution in [0.3, 0.4) is 0 Å². The maximum absolute atomic E-state index is 8.83. The molecule has 1 aromatic heterocycles. The number of hydrogen-bond acceptors (Lipinski definition) is 4. The van der Waals surface area contributed by atoms with Crippen molar-refractivity contribution in [3.05, 3.63) is 11.1 Å². The Bertz CT molecular complexity index is 260. The van der Waals surface area contributed by atoms with Crippen LogP contribution in [0.25, 0.3) is 0 Å². The molecule has 0 saturated heterocycles. The Balaban J connectivity index is 2.58. The second-order valence-electron chi connectivity index (χ2n) is 3.45. The van der Waals surface area contributed by atoms with E-state index in [0.29, 0.717) is 5.92 Å². The van der Waals surface area contributed by atoms with Crippen molar-refractivity contribution in [2.75, 3.05) is 11.9 Å². The van der Waals surface area contributed by atoms with Gasteiger partial charge in [-0.25, -0.2) is 4.98 Å². The highest BCUT2D eigenvalue weighted by molar-refractivity contribution is 7.15. The van der Waals surface area contributed by atoms with Gasteiger partial charge in [-0.05, 0) is 12.8 Å². The third kappa shape index (κ3) is 2.97. The van der Waals surface area contributed by atoms with Gasteiger partial charge in [-0.2, -0.15) is 0 Å². The minimum Gasteiger partial charge on any atom is -0.394 e. The minimum absolute atomic E-state index is 0.0752. The van der Waals surface area contributed by atoms with Crippen molar-refractivity contribution in [3.8, 4) is 0 Å². The first-order valence-electron chi connectivity index (χ1n) is 4.46. The molecule has 0 bridgehead atoms. The topological polar surface area (TPSA) is 45.2 Å². The third-order valence-electron chi connectivity index (χ3n) is 1.74. The van der Waals surface area contributed by atoms with Crippen LogP contribution in [0.5, 0.6) is 0 Å². The van der Waals surface area contributed by atoms with E-state index in [1.54, 1.807) is 11.3 Å². The number of aliphatic hydroxyl groups is 1. The minimum atomic E-state index is 0.0752. The lowest BCUT2D eigenvalue weighted by Crippen LogP contribution is -2.18. The molecule has 13 heavy (non-hydrogen) atoms. The number of hydrogen-bond donors (Lipinski definition) is 2. The van der Waals surface area contributed by atoms with Gasteiger partial charge >= 0.3 is 0 Å². The summed E-state index contributed by atoms with van der Waals surface area (Å²) in [4.78, 5) is 5.49. The molecule has 0 radical (unpaired) electrons. The second kappa shape index (κ2) is 4.58. The van der Waals surface area contributed by atoms with Crippen LogP contribution >= 0.6 is 11.3 Å².